The SMILES string of the molecule is CCCCC/C=C\C/C=C\CCCCCCCCCC(=O)OC(COC(=O)CCCCCCCCCCCCCCCCCCC)COP(=O)(O)OCC(CO)OC(=O)CCCCCCCCCCCCC. The third-order valence-electron chi connectivity index (χ3n) is 13.4. The minimum atomic E-state index is -4.74. The van der Waals surface area contributed by atoms with E-state index >= 15 is 0 Å². The molecule has 0 aliphatic heterocycles. The van der Waals surface area contributed by atoms with E-state index in [2.05, 4.69) is 45.1 Å². The molecule has 2 N–H and O–H groups in total. The molecule has 3 atom stereocenters. The lowest BCUT2D eigenvalue weighted by Gasteiger charge is -2.21. The number of ether oxygens (including phenoxy) is 3. The fraction of sp³-hybridized carbons (Fsp3) is 0.883. The van der Waals surface area contributed by atoms with E-state index in [9.17, 15) is 28.9 Å². The molecule has 12 heteroatoms. The van der Waals surface area contributed by atoms with Crippen LogP contribution in [-0.2, 0) is 42.2 Å². The summed E-state index contributed by atoms with van der Waals surface area (Å²) in [6.45, 7) is 4.66. The molecule has 0 aliphatic rings. The summed E-state index contributed by atoms with van der Waals surface area (Å²) in [5.41, 5.74) is 0. The Morgan fingerprint density at radius 2 is 0.681 bits per heavy atom. The number of aliphatic hydroxyl groups excluding tert-OH is 1. The predicted molar refractivity (Wildman–Crippen MR) is 298 cm³/mol. The third-order valence-corrected chi connectivity index (χ3v) is 14.3. The molecule has 0 fully saturated rings. The number of hydrogen-bond donors (Lipinski definition) is 2. The van der Waals surface area contributed by atoms with Gasteiger partial charge in [0.2, 0.25) is 0 Å². The number of rotatable bonds is 57. The van der Waals surface area contributed by atoms with Gasteiger partial charge in [0.25, 0.3) is 0 Å². The molecule has 0 saturated carbocycles. The average Bonchev–Trinajstić information content (AvgIpc) is 3.37. The molecule has 0 saturated heterocycles. The first kappa shape index (κ1) is 70.0. The zero-order valence-corrected chi connectivity index (χ0v) is 47.8. The molecule has 0 rings (SSSR count). The highest BCUT2D eigenvalue weighted by Gasteiger charge is 2.28. The topological polar surface area (TPSA) is 155 Å². The molecule has 0 amide bonds. The molecule has 0 radical (unpaired) electrons. The smallest absolute Gasteiger partial charge is 0.462 e. The number of carbonyl (C=O) groups is 3. The summed E-state index contributed by atoms with van der Waals surface area (Å²) in [6, 6.07) is 0. The van der Waals surface area contributed by atoms with E-state index in [0.717, 1.165) is 77.0 Å². The van der Waals surface area contributed by atoms with Crippen molar-refractivity contribution in [2.24, 2.45) is 0 Å². The molecule has 0 aliphatic carbocycles. The van der Waals surface area contributed by atoms with Gasteiger partial charge in [0.05, 0.1) is 19.8 Å². The van der Waals surface area contributed by atoms with Gasteiger partial charge in [-0.2, -0.15) is 0 Å². The number of phosphoric acid groups is 1. The van der Waals surface area contributed by atoms with Gasteiger partial charge in [-0.25, -0.2) is 4.57 Å². The Kier molecular flexibility index (Phi) is 53.6. The van der Waals surface area contributed by atoms with Crippen LogP contribution in [0.4, 0.5) is 0 Å². The van der Waals surface area contributed by atoms with Crippen molar-refractivity contribution in [3.05, 3.63) is 24.3 Å². The van der Waals surface area contributed by atoms with E-state index in [1.54, 1.807) is 0 Å². The highest BCUT2D eigenvalue weighted by atomic mass is 31.2. The molecule has 0 aromatic carbocycles. The molecule has 424 valence electrons. The largest absolute Gasteiger partial charge is 0.472 e. The molecule has 11 nitrogen and oxygen atoms in total. The summed E-state index contributed by atoms with van der Waals surface area (Å²) in [5, 5.41) is 9.80. The number of unbranched alkanes of at least 4 members (excludes halogenated alkanes) is 36. The van der Waals surface area contributed by atoms with Crippen molar-refractivity contribution >= 4 is 25.7 Å². The summed E-state index contributed by atoms with van der Waals surface area (Å²) < 4.78 is 39.6. The molecule has 0 heterocycles. The minimum Gasteiger partial charge on any atom is -0.462 e. The Morgan fingerprint density at radius 1 is 0.389 bits per heavy atom. The molecule has 3 unspecified atom stereocenters. The number of phosphoric ester groups is 1. The second-order valence-corrected chi connectivity index (χ2v) is 22.0. The van der Waals surface area contributed by atoms with Gasteiger partial charge in [0.15, 0.2) is 6.10 Å². The van der Waals surface area contributed by atoms with E-state index in [1.165, 1.54) is 167 Å². The van der Waals surface area contributed by atoms with Crippen molar-refractivity contribution in [3.8, 4) is 0 Å². The summed E-state index contributed by atoms with van der Waals surface area (Å²) in [5.74, 6) is -1.45. The summed E-state index contributed by atoms with van der Waals surface area (Å²) in [4.78, 5) is 48.6. The van der Waals surface area contributed by atoms with Crippen molar-refractivity contribution < 1.29 is 52.2 Å². The van der Waals surface area contributed by atoms with Crippen molar-refractivity contribution in [1.29, 1.82) is 0 Å². The molecule has 0 aromatic heterocycles. The van der Waals surface area contributed by atoms with E-state index in [-0.39, 0.29) is 25.9 Å². The molecule has 72 heavy (non-hydrogen) atoms. The number of esters is 3. The van der Waals surface area contributed by atoms with E-state index < -0.39 is 57.8 Å². The van der Waals surface area contributed by atoms with Crippen LogP contribution in [-0.4, -0.2) is 66.5 Å². The van der Waals surface area contributed by atoms with Crippen LogP contribution >= 0.6 is 7.82 Å². The maximum atomic E-state index is 12.9. The van der Waals surface area contributed by atoms with Crippen molar-refractivity contribution in [3.63, 3.8) is 0 Å². The molecular formula is C60H113O11P. The first-order chi connectivity index (χ1) is 35.2. The van der Waals surface area contributed by atoms with Gasteiger partial charge in [-0.3, -0.25) is 23.4 Å². The lowest BCUT2D eigenvalue weighted by Crippen LogP contribution is -2.30. The normalized spacial score (nSPS) is 13.5. The third kappa shape index (κ3) is 52.8. The zero-order valence-electron chi connectivity index (χ0n) is 46.9. The number of aliphatic hydroxyl groups is 1. The fourth-order valence-electron chi connectivity index (χ4n) is 8.74. The standard InChI is InChI=1S/C60H113O11P/c1-4-7-10-13-16-19-22-24-26-28-30-32-35-37-40-43-46-49-58(62)67-53-57(71-60(64)51-48-45-42-39-36-33-31-29-27-25-23-20-17-14-11-8-5-2)55-69-72(65,66)68-54-56(52-61)70-59(63)50-47-44-41-38-34-21-18-15-12-9-6-3/h17,20,25,27,56-57,61H,4-16,18-19,21-24,26,28-55H2,1-3H3,(H,65,66)/b20-17-,27-25-. The second kappa shape index (κ2) is 55.2. The maximum absolute atomic E-state index is 12.9. The van der Waals surface area contributed by atoms with Crippen LogP contribution in [0.5, 0.6) is 0 Å². The Bertz CT molecular complexity index is 1310. The Hall–Kier alpha value is -2.04. The zero-order chi connectivity index (χ0) is 52.7. The quantitative estimate of drug-likeness (QED) is 0.0197. The van der Waals surface area contributed by atoms with Crippen molar-refractivity contribution in [1.82, 2.24) is 0 Å². The highest BCUT2D eigenvalue weighted by molar-refractivity contribution is 7.47. The van der Waals surface area contributed by atoms with Gasteiger partial charge < -0.3 is 24.2 Å². The number of carbonyl (C=O) groups excluding carboxylic acids is 3. The van der Waals surface area contributed by atoms with Crippen LogP contribution < -0.4 is 0 Å². The summed E-state index contributed by atoms with van der Waals surface area (Å²) >= 11 is 0. The first-order valence-electron chi connectivity index (χ1n) is 30.2. The Morgan fingerprint density at radius 3 is 1.06 bits per heavy atom. The summed E-state index contributed by atoms with van der Waals surface area (Å²) in [6.07, 6.45) is 55.6. The van der Waals surface area contributed by atoms with Crippen molar-refractivity contribution in [2.75, 3.05) is 26.4 Å². The van der Waals surface area contributed by atoms with Gasteiger partial charge in [-0.1, -0.05) is 257 Å². The summed E-state index contributed by atoms with van der Waals surface area (Å²) in [7, 11) is -4.74. The lowest BCUT2D eigenvalue weighted by molar-refractivity contribution is -0.161. The van der Waals surface area contributed by atoms with Gasteiger partial charge in [-0.15, -0.1) is 0 Å². The Labute approximate surface area is 442 Å². The molecule has 0 spiro atoms. The van der Waals surface area contributed by atoms with Gasteiger partial charge in [0.1, 0.15) is 12.7 Å². The van der Waals surface area contributed by atoms with Gasteiger partial charge in [0, 0.05) is 19.3 Å². The van der Waals surface area contributed by atoms with Gasteiger partial charge in [-0.05, 0) is 51.4 Å². The predicted octanol–water partition coefficient (Wildman–Crippen LogP) is 17.8. The van der Waals surface area contributed by atoms with E-state index in [4.69, 9.17) is 23.3 Å². The number of allylic oxidation sites excluding steroid dienone is 4. The van der Waals surface area contributed by atoms with Crippen LogP contribution in [0, 0.1) is 0 Å². The molecule has 0 bridgehead atoms. The lowest BCUT2D eigenvalue weighted by atomic mass is 10.0. The molecular weight excluding hydrogens is 928 g/mol. The van der Waals surface area contributed by atoms with E-state index in [0.29, 0.717) is 19.3 Å². The second-order valence-electron chi connectivity index (χ2n) is 20.5. The van der Waals surface area contributed by atoms with Crippen LogP contribution in [0.15, 0.2) is 24.3 Å². The van der Waals surface area contributed by atoms with Crippen LogP contribution in [0.2, 0.25) is 0 Å². The van der Waals surface area contributed by atoms with Crippen LogP contribution in [0.1, 0.15) is 303 Å². The van der Waals surface area contributed by atoms with Crippen LogP contribution in [0.25, 0.3) is 0 Å². The Balaban J connectivity index is 4.68. The van der Waals surface area contributed by atoms with E-state index in [1.807, 2.05) is 0 Å². The maximum Gasteiger partial charge on any atom is 0.472 e. The van der Waals surface area contributed by atoms with Crippen molar-refractivity contribution in [2.45, 2.75) is 315 Å². The first-order valence-corrected chi connectivity index (χ1v) is 31.7. The number of hydrogen-bond acceptors (Lipinski definition) is 10. The average molecular weight is 1040 g/mol. The monoisotopic (exact) mass is 1040 g/mol. The molecule has 0 aromatic rings. The highest BCUT2D eigenvalue weighted by Crippen LogP contribution is 2.43. The fourth-order valence-corrected chi connectivity index (χ4v) is 9.53. The minimum absolute atomic E-state index is 0.164. The van der Waals surface area contributed by atoms with Gasteiger partial charge >= 0.3 is 25.7 Å². The van der Waals surface area contributed by atoms with Crippen LogP contribution in [0.3, 0.4) is 0 Å².